The fourth-order valence-electron chi connectivity index (χ4n) is 12.4. The lowest BCUT2D eigenvalue weighted by Crippen LogP contribution is -2.60. The van der Waals surface area contributed by atoms with E-state index >= 15 is 0 Å². The minimum atomic E-state index is -1.58. The summed E-state index contributed by atoms with van der Waals surface area (Å²) < 4.78 is 16.7. The van der Waals surface area contributed by atoms with Crippen LogP contribution in [0.5, 0.6) is 0 Å². The third-order valence-corrected chi connectivity index (χ3v) is 18.6. The zero-order valence-corrected chi connectivity index (χ0v) is 60.0. The van der Waals surface area contributed by atoms with Crippen LogP contribution >= 0.6 is 0 Å². The molecule has 1 amide bonds. The molecule has 1 heterocycles. The molecule has 7 unspecified atom stereocenters. The highest BCUT2D eigenvalue weighted by Gasteiger charge is 2.44. The topological polar surface area (TPSA) is 175 Å². The van der Waals surface area contributed by atoms with Gasteiger partial charge in [-0.1, -0.05) is 325 Å². The van der Waals surface area contributed by atoms with Gasteiger partial charge in [0.25, 0.3) is 0 Å². The molecule has 1 aliphatic rings. The summed E-state index contributed by atoms with van der Waals surface area (Å²) in [6.45, 7) is 4.33. The van der Waals surface area contributed by atoms with Crippen molar-refractivity contribution in [2.75, 3.05) is 19.8 Å². The number of nitrogens with one attached hydrogen (secondary N) is 1. The van der Waals surface area contributed by atoms with Crippen LogP contribution in [0.25, 0.3) is 0 Å². The molecule has 0 aromatic heterocycles. The Morgan fingerprint density at radius 3 is 1.15 bits per heavy atom. The van der Waals surface area contributed by atoms with Crippen molar-refractivity contribution in [2.45, 2.75) is 423 Å². The summed E-state index contributed by atoms with van der Waals surface area (Å²) in [5.74, 6) is -0.183. The molecule has 1 saturated heterocycles. The van der Waals surface area contributed by atoms with Crippen LogP contribution in [0.4, 0.5) is 0 Å². The molecule has 0 aromatic rings. The predicted molar refractivity (Wildman–Crippen MR) is 389 cm³/mol. The van der Waals surface area contributed by atoms with E-state index in [1.807, 2.05) is 6.08 Å². The van der Waals surface area contributed by atoms with Crippen LogP contribution in [-0.2, 0) is 23.8 Å². The predicted octanol–water partition coefficient (Wildman–Crippen LogP) is 21.2. The quantitative estimate of drug-likeness (QED) is 0.0195. The first-order valence-electron chi connectivity index (χ1n) is 39.6. The molecule has 11 heteroatoms. The number of amides is 1. The van der Waals surface area contributed by atoms with Gasteiger partial charge in [-0.05, 0) is 103 Å². The van der Waals surface area contributed by atoms with E-state index in [-0.39, 0.29) is 18.5 Å². The molecule has 0 saturated carbocycles. The monoisotopic (exact) mass is 1300 g/mol. The Balaban J connectivity index is 1.91. The normalized spacial score (nSPS) is 17.8. The molecule has 538 valence electrons. The second kappa shape index (κ2) is 69.7. The van der Waals surface area contributed by atoms with Gasteiger partial charge in [0.2, 0.25) is 5.91 Å². The maximum Gasteiger partial charge on any atom is 0.305 e. The van der Waals surface area contributed by atoms with E-state index in [0.717, 1.165) is 64.2 Å². The maximum absolute atomic E-state index is 13.1. The minimum absolute atomic E-state index is 0.00522. The van der Waals surface area contributed by atoms with E-state index in [1.165, 1.54) is 289 Å². The van der Waals surface area contributed by atoms with Crippen molar-refractivity contribution in [1.82, 2.24) is 5.32 Å². The first kappa shape index (κ1) is 87.4. The fraction of sp³-hybridized carbons (Fsp3) is 0.852. The summed E-state index contributed by atoms with van der Waals surface area (Å²) in [4.78, 5) is 25.1. The molecule has 92 heavy (non-hydrogen) atoms. The molecule has 0 aliphatic carbocycles. The molecule has 6 N–H and O–H groups in total. The maximum atomic E-state index is 13.1. The van der Waals surface area contributed by atoms with Gasteiger partial charge in [0.15, 0.2) is 6.29 Å². The number of aliphatic hydroxyl groups excluding tert-OH is 5. The number of aliphatic hydroxyl groups is 5. The Kier molecular flexibility index (Phi) is 66.2. The number of carbonyl (C=O) groups excluding carboxylic acids is 2. The molecule has 0 bridgehead atoms. The van der Waals surface area contributed by atoms with Gasteiger partial charge in [-0.3, -0.25) is 9.59 Å². The van der Waals surface area contributed by atoms with E-state index in [4.69, 9.17) is 14.2 Å². The standard InChI is InChI=1S/C81H149NO10/c1-3-5-7-9-11-13-15-44-49-53-57-61-65-69-77(86)90-70-66-62-58-54-50-46-43-41-39-37-35-33-31-29-27-25-23-21-19-17-18-20-22-24-26-28-30-32-34-36-38-40-42-45-48-52-56-60-64-68-76(85)82-73(72-91-81-80(89)79(88)78(87)75(71-83)92-81)74(84)67-63-59-55-51-47-16-14-12-10-8-6-4-2/h13,15,17-18,21,23,47,51,63,67,73-75,78-81,83-84,87-89H,3-12,14,16,19-20,22,24-46,48-50,52-62,64-66,68-72H2,1-2H3,(H,82,85)/b15-13-,18-17-,23-21-,51-47+,67-63+. The highest BCUT2D eigenvalue weighted by atomic mass is 16.7. The van der Waals surface area contributed by atoms with Gasteiger partial charge in [0.05, 0.1) is 32.0 Å². The molecular formula is C81H149NO10. The molecular weight excluding hydrogens is 1150 g/mol. The van der Waals surface area contributed by atoms with Gasteiger partial charge in [0.1, 0.15) is 24.4 Å². The Labute approximate surface area is 567 Å². The van der Waals surface area contributed by atoms with Crippen LogP contribution in [0.15, 0.2) is 60.8 Å². The fourth-order valence-corrected chi connectivity index (χ4v) is 12.4. The van der Waals surface area contributed by atoms with Crippen LogP contribution in [0, 0.1) is 0 Å². The Morgan fingerprint density at radius 2 is 0.739 bits per heavy atom. The third-order valence-electron chi connectivity index (χ3n) is 18.6. The van der Waals surface area contributed by atoms with Crippen molar-refractivity contribution in [3.8, 4) is 0 Å². The molecule has 0 radical (unpaired) electrons. The van der Waals surface area contributed by atoms with Crippen molar-refractivity contribution < 1.29 is 49.3 Å². The summed E-state index contributed by atoms with van der Waals surface area (Å²) in [6, 6.07) is -0.826. The number of rotatable bonds is 70. The SMILES string of the molecule is CCCCCC/C=C\CCCCCCCC(=O)OCCCCCCCCCCCCCCCCC/C=C\C/C=C\CCCCCCCCCCCCCCCCCCCC(=O)NC(COC1OC(CO)C(O)C(O)C1O)C(O)/C=C/CC/C=C/CCCCCCCC. The van der Waals surface area contributed by atoms with E-state index in [1.54, 1.807) is 6.08 Å². The van der Waals surface area contributed by atoms with Gasteiger partial charge in [-0.15, -0.1) is 0 Å². The summed E-state index contributed by atoms with van der Waals surface area (Å²) >= 11 is 0. The molecule has 0 aromatic carbocycles. The average molecular weight is 1300 g/mol. The van der Waals surface area contributed by atoms with Crippen molar-refractivity contribution in [3.63, 3.8) is 0 Å². The van der Waals surface area contributed by atoms with Crippen LogP contribution in [0.2, 0.25) is 0 Å². The highest BCUT2D eigenvalue weighted by Crippen LogP contribution is 2.24. The van der Waals surface area contributed by atoms with Crippen molar-refractivity contribution in [2.24, 2.45) is 0 Å². The van der Waals surface area contributed by atoms with Crippen molar-refractivity contribution >= 4 is 11.9 Å². The van der Waals surface area contributed by atoms with Crippen molar-refractivity contribution in [3.05, 3.63) is 60.8 Å². The lowest BCUT2D eigenvalue weighted by atomic mass is 9.99. The zero-order chi connectivity index (χ0) is 66.5. The number of unbranched alkanes of at least 4 members (excludes halogenated alkanes) is 48. The lowest BCUT2D eigenvalue weighted by molar-refractivity contribution is -0.302. The van der Waals surface area contributed by atoms with E-state index in [2.05, 4.69) is 67.8 Å². The Hall–Kier alpha value is -2.64. The van der Waals surface area contributed by atoms with Crippen LogP contribution in [0.3, 0.4) is 0 Å². The summed E-state index contributed by atoms with van der Waals surface area (Å²) in [5.41, 5.74) is 0. The lowest BCUT2D eigenvalue weighted by Gasteiger charge is -2.40. The molecule has 1 aliphatic heterocycles. The van der Waals surface area contributed by atoms with E-state index in [0.29, 0.717) is 19.4 Å². The zero-order valence-electron chi connectivity index (χ0n) is 60.0. The second-order valence-electron chi connectivity index (χ2n) is 27.4. The third kappa shape index (κ3) is 57.6. The average Bonchev–Trinajstić information content (AvgIpc) is 0.973. The van der Waals surface area contributed by atoms with Gasteiger partial charge in [-0.25, -0.2) is 0 Å². The van der Waals surface area contributed by atoms with Crippen LogP contribution in [0.1, 0.15) is 380 Å². The minimum Gasteiger partial charge on any atom is -0.466 e. The molecule has 11 nitrogen and oxygen atoms in total. The molecule has 1 rings (SSSR count). The summed E-state index contributed by atoms with van der Waals surface area (Å²) in [6.07, 6.45) is 84.0. The number of hydrogen-bond acceptors (Lipinski definition) is 10. The van der Waals surface area contributed by atoms with Gasteiger partial charge in [0, 0.05) is 12.8 Å². The Bertz CT molecular complexity index is 1710. The molecule has 1 fully saturated rings. The van der Waals surface area contributed by atoms with E-state index in [9.17, 15) is 35.1 Å². The van der Waals surface area contributed by atoms with Gasteiger partial charge < -0.3 is 45.1 Å². The summed E-state index contributed by atoms with van der Waals surface area (Å²) in [7, 11) is 0. The smallest absolute Gasteiger partial charge is 0.305 e. The highest BCUT2D eigenvalue weighted by molar-refractivity contribution is 5.76. The van der Waals surface area contributed by atoms with Gasteiger partial charge in [-0.2, -0.15) is 0 Å². The van der Waals surface area contributed by atoms with Crippen LogP contribution < -0.4 is 5.32 Å². The van der Waals surface area contributed by atoms with Gasteiger partial charge >= 0.3 is 5.97 Å². The number of hydrogen-bond donors (Lipinski definition) is 6. The Morgan fingerprint density at radius 1 is 0.402 bits per heavy atom. The largest absolute Gasteiger partial charge is 0.466 e. The summed E-state index contributed by atoms with van der Waals surface area (Å²) in [5, 5.41) is 54.5. The number of ether oxygens (including phenoxy) is 3. The molecule has 0 spiro atoms. The number of carbonyl (C=O) groups is 2. The van der Waals surface area contributed by atoms with Crippen molar-refractivity contribution in [1.29, 1.82) is 0 Å². The number of allylic oxidation sites excluding steroid dienone is 9. The first-order valence-corrected chi connectivity index (χ1v) is 39.6. The van der Waals surface area contributed by atoms with E-state index < -0.39 is 49.5 Å². The first-order chi connectivity index (χ1) is 45.2. The molecule has 7 atom stereocenters. The number of esters is 1. The van der Waals surface area contributed by atoms with Crippen LogP contribution in [-0.4, -0.2) is 100 Å². The second-order valence-corrected chi connectivity index (χ2v) is 27.4.